The van der Waals surface area contributed by atoms with Crippen molar-refractivity contribution in [2.45, 2.75) is 13.3 Å². The first-order chi connectivity index (χ1) is 21.8. The summed E-state index contributed by atoms with van der Waals surface area (Å²) in [7, 11) is 0. The number of hydrogen-bond donors (Lipinski definition) is 0. The summed E-state index contributed by atoms with van der Waals surface area (Å²) in [4.78, 5) is 33.0. The molecule has 0 aliphatic heterocycles. The Kier molecular flexibility index (Phi) is 8.08. The van der Waals surface area contributed by atoms with E-state index in [1.54, 1.807) is 60.7 Å². The third-order valence-electron chi connectivity index (χ3n) is 6.73. The van der Waals surface area contributed by atoms with Crippen LogP contribution in [0.4, 0.5) is 5.69 Å². The Morgan fingerprint density at radius 3 is 2.73 bits per heavy atom. The van der Waals surface area contributed by atoms with Gasteiger partial charge in [-0.3, -0.25) is 14.9 Å². The van der Waals surface area contributed by atoms with Gasteiger partial charge in [0.2, 0.25) is 11.7 Å². The normalized spacial score (nSPS) is 11.3. The Balaban J connectivity index is 1.45. The zero-order valence-electron chi connectivity index (χ0n) is 23.8. The van der Waals surface area contributed by atoms with Crippen molar-refractivity contribution in [3.05, 3.63) is 128 Å². The Labute approximate surface area is 260 Å². The maximum Gasteiger partial charge on any atom is 0.287 e. The molecule has 0 atom stereocenters. The van der Waals surface area contributed by atoms with E-state index in [0.29, 0.717) is 62.9 Å². The molecule has 3 heterocycles. The van der Waals surface area contributed by atoms with Gasteiger partial charge in [0.15, 0.2) is 17.3 Å². The molecule has 0 spiro atoms. The van der Waals surface area contributed by atoms with Gasteiger partial charge in [0.25, 0.3) is 11.2 Å². The molecule has 0 bridgehead atoms. The highest BCUT2D eigenvalue weighted by atomic mass is 35.5. The van der Waals surface area contributed by atoms with Crippen LogP contribution in [-0.4, -0.2) is 32.4 Å². The van der Waals surface area contributed by atoms with Gasteiger partial charge in [0.05, 0.1) is 28.6 Å². The van der Waals surface area contributed by atoms with Gasteiger partial charge in [0.1, 0.15) is 11.8 Å². The average molecular weight is 622 g/mol. The summed E-state index contributed by atoms with van der Waals surface area (Å²) < 4.78 is 19.2. The summed E-state index contributed by atoms with van der Waals surface area (Å²) in [5.41, 5.74) is 1.83. The van der Waals surface area contributed by atoms with E-state index in [1.165, 1.54) is 23.0 Å². The van der Waals surface area contributed by atoms with Crippen LogP contribution in [0.5, 0.6) is 17.4 Å². The summed E-state index contributed by atoms with van der Waals surface area (Å²) in [6, 6.07) is 20.2. The Bertz CT molecular complexity index is 2170. The fourth-order valence-corrected chi connectivity index (χ4v) is 4.91. The second kappa shape index (κ2) is 12.4. The number of para-hydroxylation sites is 1. The maximum atomic E-state index is 13.7. The van der Waals surface area contributed by atoms with Crippen molar-refractivity contribution in [3.63, 3.8) is 0 Å². The van der Waals surface area contributed by atoms with E-state index in [2.05, 4.69) is 16.7 Å². The SMILES string of the molecule is C=CCc1cc(C=Nn2c(-c3cc4cc(Cl)ccc4o3)nc3ccccc3c2=O)cc(OCC)c1Oc1ccc([N+](=O)[O-])cn1. The molecule has 0 saturated heterocycles. The predicted molar refractivity (Wildman–Crippen MR) is 172 cm³/mol. The summed E-state index contributed by atoms with van der Waals surface area (Å²) in [5.74, 6) is 1.47. The van der Waals surface area contributed by atoms with E-state index in [9.17, 15) is 14.9 Å². The third kappa shape index (κ3) is 6.01. The average Bonchev–Trinajstić information content (AvgIpc) is 3.45. The van der Waals surface area contributed by atoms with Gasteiger partial charge in [-0.15, -0.1) is 6.58 Å². The Morgan fingerprint density at radius 2 is 1.98 bits per heavy atom. The standard InChI is InChI=1S/C33H24ClN5O6/c1-3-7-21-14-20(15-28(43-4-2)31(21)45-30-13-11-24(19-35-30)39(41)42)18-36-38-32(37-26-9-6-5-8-25(26)33(38)40)29-17-22-16-23(34)10-12-27(22)44-29/h3,5-6,8-19H,1,4,7H2,2H3. The fraction of sp³-hybridized carbons (Fsp3) is 0.0909. The molecule has 0 aliphatic carbocycles. The van der Waals surface area contributed by atoms with E-state index in [1.807, 2.05) is 13.0 Å². The van der Waals surface area contributed by atoms with Gasteiger partial charge in [-0.2, -0.15) is 9.78 Å². The van der Waals surface area contributed by atoms with Crippen molar-refractivity contribution in [3.8, 4) is 29.0 Å². The Morgan fingerprint density at radius 1 is 1.13 bits per heavy atom. The molecule has 0 amide bonds. The number of aromatic nitrogens is 3. The van der Waals surface area contributed by atoms with Crippen LogP contribution in [0.2, 0.25) is 5.02 Å². The number of rotatable bonds is 10. The van der Waals surface area contributed by atoms with Crippen molar-refractivity contribution in [2.75, 3.05) is 6.61 Å². The van der Waals surface area contributed by atoms with Gasteiger partial charge in [-0.1, -0.05) is 29.8 Å². The highest BCUT2D eigenvalue weighted by Gasteiger charge is 2.18. The van der Waals surface area contributed by atoms with Gasteiger partial charge in [-0.25, -0.2) is 9.97 Å². The van der Waals surface area contributed by atoms with Gasteiger partial charge < -0.3 is 13.9 Å². The lowest BCUT2D eigenvalue weighted by molar-refractivity contribution is -0.385. The monoisotopic (exact) mass is 621 g/mol. The first-order valence-electron chi connectivity index (χ1n) is 13.8. The predicted octanol–water partition coefficient (Wildman–Crippen LogP) is 7.57. The largest absolute Gasteiger partial charge is 0.490 e. The lowest BCUT2D eigenvalue weighted by Gasteiger charge is -2.16. The zero-order chi connectivity index (χ0) is 31.5. The lowest BCUT2D eigenvalue weighted by Crippen LogP contribution is -2.20. The molecule has 12 heteroatoms. The van der Waals surface area contributed by atoms with E-state index >= 15 is 0 Å². The number of nitro groups is 1. The molecule has 6 aromatic rings. The third-order valence-corrected chi connectivity index (χ3v) is 6.97. The molecule has 0 fully saturated rings. The minimum absolute atomic E-state index is 0.152. The van der Waals surface area contributed by atoms with Crippen LogP contribution in [0.25, 0.3) is 33.5 Å². The van der Waals surface area contributed by atoms with Crippen molar-refractivity contribution >= 4 is 45.4 Å². The number of halogens is 1. The van der Waals surface area contributed by atoms with Crippen molar-refractivity contribution < 1.29 is 18.8 Å². The van der Waals surface area contributed by atoms with E-state index in [-0.39, 0.29) is 23.0 Å². The molecular formula is C33H24ClN5O6. The van der Waals surface area contributed by atoms with E-state index in [0.717, 1.165) is 11.6 Å². The van der Waals surface area contributed by atoms with Crippen molar-refractivity contribution in [1.29, 1.82) is 0 Å². The molecule has 3 aromatic carbocycles. The van der Waals surface area contributed by atoms with Gasteiger partial charge in [0, 0.05) is 28.1 Å². The van der Waals surface area contributed by atoms with Crippen LogP contribution >= 0.6 is 11.6 Å². The minimum Gasteiger partial charge on any atom is -0.490 e. The van der Waals surface area contributed by atoms with Crippen LogP contribution in [0, 0.1) is 10.1 Å². The Hall–Kier alpha value is -5.81. The quantitative estimate of drug-likeness (QED) is 0.0661. The van der Waals surface area contributed by atoms with Crippen LogP contribution in [0.1, 0.15) is 18.1 Å². The van der Waals surface area contributed by atoms with E-state index < -0.39 is 4.92 Å². The molecule has 0 aliphatic rings. The van der Waals surface area contributed by atoms with Crippen LogP contribution in [0.3, 0.4) is 0 Å². The summed E-state index contributed by atoms with van der Waals surface area (Å²) in [6.45, 7) is 6.00. The number of hydrogen-bond acceptors (Lipinski definition) is 9. The molecule has 0 unspecified atom stereocenters. The number of furan rings is 1. The van der Waals surface area contributed by atoms with Crippen molar-refractivity contribution in [1.82, 2.24) is 14.6 Å². The molecule has 0 saturated carbocycles. The van der Waals surface area contributed by atoms with Crippen molar-refractivity contribution in [2.24, 2.45) is 5.10 Å². The number of allylic oxidation sites excluding steroid dienone is 1. The topological polar surface area (TPSA) is 135 Å². The lowest BCUT2D eigenvalue weighted by atomic mass is 10.1. The molecular weight excluding hydrogens is 598 g/mol. The number of pyridine rings is 1. The van der Waals surface area contributed by atoms with Crippen LogP contribution < -0.4 is 15.0 Å². The van der Waals surface area contributed by atoms with Crippen LogP contribution in [-0.2, 0) is 6.42 Å². The van der Waals surface area contributed by atoms with Gasteiger partial charge in [-0.05, 0) is 67.4 Å². The molecule has 224 valence electrons. The molecule has 6 rings (SSSR count). The molecule has 0 N–H and O–H groups in total. The summed E-state index contributed by atoms with van der Waals surface area (Å²) in [5, 5.41) is 17.3. The molecule has 0 radical (unpaired) electrons. The second-order valence-electron chi connectivity index (χ2n) is 9.75. The molecule has 3 aromatic heterocycles. The summed E-state index contributed by atoms with van der Waals surface area (Å²) in [6.07, 6.45) is 4.73. The minimum atomic E-state index is -0.536. The number of benzene rings is 3. The molecule has 45 heavy (non-hydrogen) atoms. The molecule has 11 nitrogen and oxygen atoms in total. The zero-order valence-corrected chi connectivity index (χ0v) is 24.6. The number of fused-ring (bicyclic) bond motifs is 2. The van der Waals surface area contributed by atoms with Crippen LogP contribution in [0.15, 0.2) is 106 Å². The fourth-order valence-electron chi connectivity index (χ4n) is 4.73. The van der Waals surface area contributed by atoms with E-state index in [4.69, 9.17) is 30.5 Å². The highest BCUT2D eigenvalue weighted by Crippen LogP contribution is 2.37. The maximum absolute atomic E-state index is 13.7. The smallest absolute Gasteiger partial charge is 0.287 e. The first kappa shape index (κ1) is 29.3. The first-order valence-corrected chi connectivity index (χ1v) is 14.2. The number of nitrogens with zero attached hydrogens (tertiary/aromatic N) is 5. The summed E-state index contributed by atoms with van der Waals surface area (Å²) >= 11 is 6.18. The second-order valence-corrected chi connectivity index (χ2v) is 10.2. The highest BCUT2D eigenvalue weighted by molar-refractivity contribution is 6.31. The van der Waals surface area contributed by atoms with Gasteiger partial charge >= 0.3 is 0 Å². The number of ether oxygens (including phenoxy) is 2.